The molecule has 3 aromatic carbocycles. The highest BCUT2D eigenvalue weighted by atomic mass is 19.4. The van der Waals surface area contributed by atoms with Gasteiger partial charge in [0.1, 0.15) is 11.2 Å². The maximum absolute atomic E-state index is 13.3. The van der Waals surface area contributed by atoms with Gasteiger partial charge in [-0.25, -0.2) is 9.78 Å². The van der Waals surface area contributed by atoms with E-state index in [4.69, 9.17) is 4.42 Å². The fourth-order valence-electron chi connectivity index (χ4n) is 4.44. The summed E-state index contributed by atoms with van der Waals surface area (Å²) in [5, 5.41) is 10.8. The molecule has 0 radical (unpaired) electrons. The Kier molecular flexibility index (Phi) is 5.43. The van der Waals surface area contributed by atoms with E-state index in [1.807, 2.05) is 18.2 Å². The van der Waals surface area contributed by atoms with Gasteiger partial charge in [0.15, 0.2) is 5.58 Å². The number of aromatic carboxylic acids is 1. The lowest BCUT2D eigenvalue weighted by Gasteiger charge is -2.18. The number of fused-ring (bicyclic) bond motifs is 2. The zero-order valence-electron chi connectivity index (χ0n) is 19.8. The molecule has 36 heavy (non-hydrogen) atoms. The van der Waals surface area contributed by atoms with Crippen molar-refractivity contribution >= 4 is 28.0 Å². The van der Waals surface area contributed by atoms with Gasteiger partial charge in [0.05, 0.1) is 11.1 Å². The van der Waals surface area contributed by atoms with Gasteiger partial charge in [-0.3, -0.25) is 0 Å². The summed E-state index contributed by atoms with van der Waals surface area (Å²) in [4.78, 5) is 17.2. The van der Waals surface area contributed by atoms with Crippen LogP contribution in [0, 0.1) is 0 Å². The van der Waals surface area contributed by atoms with E-state index >= 15 is 0 Å². The first-order chi connectivity index (χ1) is 16.9. The van der Waals surface area contributed by atoms with Crippen molar-refractivity contribution < 1.29 is 27.5 Å². The first-order valence-electron chi connectivity index (χ1n) is 11.4. The molecule has 2 aromatic heterocycles. The van der Waals surface area contributed by atoms with Crippen molar-refractivity contribution in [2.75, 3.05) is 0 Å². The van der Waals surface area contributed by atoms with Crippen LogP contribution in [0.2, 0.25) is 0 Å². The first kappa shape index (κ1) is 23.7. The Labute approximate surface area is 204 Å². The van der Waals surface area contributed by atoms with Crippen molar-refractivity contribution in [1.82, 2.24) is 9.55 Å². The highest BCUT2D eigenvalue weighted by Gasteiger charge is 2.31. The van der Waals surface area contributed by atoms with E-state index in [-0.39, 0.29) is 23.5 Å². The molecule has 0 saturated heterocycles. The molecule has 1 N–H and O–H groups in total. The Morgan fingerprint density at radius 3 is 2.42 bits per heavy atom. The molecule has 0 amide bonds. The highest BCUT2D eigenvalue weighted by molar-refractivity contribution is 6.07. The predicted molar refractivity (Wildman–Crippen MR) is 131 cm³/mol. The summed E-state index contributed by atoms with van der Waals surface area (Å²) < 4.78 is 47.3. The number of carbonyl (C=O) groups is 1. The van der Waals surface area contributed by atoms with Gasteiger partial charge in [-0.05, 0) is 46.9 Å². The molecule has 0 aliphatic heterocycles. The molecule has 0 atom stereocenters. The molecule has 0 bridgehead atoms. The van der Waals surface area contributed by atoms with Crippen LogP contribution in [0.5, 0.6) is 0 Å². The number of hydrogen-bond donors (Lipinski definition) is 1. The lowest BCUT2D eigenvalue weighted by atomic mass is 9.87. The number of oxazole rings is 1. The summed E-state index contributed by atoms with van der Waals surface area (Å²) in [6.07, 6.45) is -4.50. The van der Waals surface area contributed by atoms with Gasteiger partial charge in [0, 0.05) is 17.4 Å². The van der Waals surface area contributed by atoms with Gasteiger partial charge in [-0.1, -0.05) is 57.2 Å². The topological polar surface area (TPSA) is 68.3 Å². The maximum Gasteiger partial charge on any atom is 0.416 e. The fraction of sp³-hybridized carbons (Fsp3) is 0.214. The molecule has 0 unspecified atom stereocenters. The normalized spacial score (nSPS) is 12.5. The molecule has 2 heterocycles. The van der Waals surface area contributed by atoms with Crippen LogP contribution in [-0.4, -0.2) is 20.6 Å². The van der Waals surface area contributed by atoms with E-state index < -0.39 is 17.7 Å². The number of halogens is 3. The molecular weight excluding hydrogens is 469 g/mol. The van der Waals surface area contributed by atoms with Crippen molar-refractivity contribution in [3.05, 3.63) is 89.1 Å². The predicted octanol–water partition coefficient (Wildman–Crippen LogP) is 7.51. The molecular formula is C28H23F3N2O3. The Bertz CT molecular complexity index is 1620. The lowest BCUT2D eigenvalue weighted by molar-refractivity contribution is -0.137. The Hall–Kier alpha value is -4.07. The molecule has 5 rings (SSSR count). The van der Waals surface area contributed by atoms with Gasteiger partial charge >= 0.3 is 12.1 Å². The van der Waals surface area contributed by atoms with Crippen LogP contribution in [-0.2, 0) is 18.1 Å². The quantitative estimate of drug-likeness (QED) is 0.282. The molecule has 0 aliphatic carbocycles. The van der Waals surface area contributed by atoms with Crippen LogP contribution in [0.1, 0.15) is 48.0 Å². The van der Waals surface area contributed by atoms with Crippen LogP contribution < -0.4 is 0 Å². The summed E-state index contributed by atoms with van der Waals surface area (Å²) >= 11 is 0. The van der Waals surface area contributed by atoms with E-state index in [1.54, 1.807) is 30.3 Å². The van der Waals surface area contributed by atoms with Crippen molar-refractivity contribution in [2.45, 2.75) is 38.9 Å². The monoisotopic (exact) mass is 492 g/mol. The molecule has 0 fully saturated rings. The van der Waals surface area contributed by atoms with Gasteiger partial charge in [0.25, 0.3) is 0 Å². The number of carboxylic acids is 1. The second-order valence-electron chi connectivity index (χ2n) is 9.78. The minimum Gasteiger partial charge on any atom is -0.477 e. The minimum absolute atomic E-state index is 0.0690. The third kappa shape index (κ3) is 4.12. The molecule has 5 nitrogen and oxygen atoms in total. The summed E-state index contributed by atoms with van der Waals surface area (Å²) in [5.74, 6) is -1.08. The van der Waals surface area contributed by atoms with Gasteiger partial charge < -0.3 is 14.1 Å². The number of hydrogen-bond acceptors (Lipinski definition) is 3. The highest BCUT2D eigenvalue weighted by Crippen LogP contribution is 2.38. The van der Waals surface area contributed by atoms with Gasteiger partial charge in [-0.2, -0.15) is 13.2 Å². The van der Waals surface area contributed by atoms with E-state index in [0.717, 1.165) is 17.7 Å². The number of aromatic nitrogens is 2. The molecule has 8 heteroatoms. The van der Waals surface area contributed by atoms with Crippen molar-refractivity contribution in [2.24, 2.45) is 0 Å². The third-order valence-corrected chi connectivity index (χ3v) is 6.24. The first-order valence-corrected chi connectivity index (χ1v) is 11.4. The molecule has 0 saturated carbocycles. The van der Waals surface area contributed by atoms with Crippen molar-refractivity contribution in [3.63, 3.8) is 0 Å². The number of benzene rings is 3. The molecule has 0 aliphatic rings. The number of carboxylic acid groups (broad SMARTS) is 1. The van der Waals surface area contributed by atoms with Crippen LogP contribution in [0.25, 0.3) is 33.5 Å². The molecule has 0 spiro atoms. The number of nitrogens with zero attached hydrogens (tertiary/aromatic N) is 2. The average Bonchev–Trinajstić information content (AvgIpc) is 3.37. The van der Waals surface area contributed by atoms with Crippen LogP contribution in [0.4, 0.5) is 13.2 Å². The summed E-state index contributed by atoms with van der Waals surface area (Å²) in [6.45, 7) is 6.18. The Morgan fingerprint density at radius 1 is 0.972 bits per heavy atom. The smallest absolute Gasteiger partial charge is 0.416 e. The third-order valence-electron chi connectivity index (χ3n) is 6.24. The van der Waals surface area contributed by atoms with Crippen molar-refractivity contribution in [1.29, 1.82) is 0 Å². The van der Waals surface area contributed by atoms with Crippen molar-refractivity contribution in [3.8, 4) is 11.5 Å². The summed E-state index contributed by atoms with van der Waals surface area (Å²) in [7, 11) is 0. The number of para-hydroxylation sites is 1. The lowest BCUT2D eigenvalue weighted by Crippen LogP contribution is -2.12. The van der Waals surface area contributed by atoms with E-state index in [2.05, 4.69) is 25.8 Å². The van der Waals surface area contributed by atoms with Crippen LogP contribution in [0.15, 0.2) is 71.1 Å². The van der Waals surface area contributed by atoms with Gasteiger partial charge in [0.2, 0.25) is 5.89 Å². The average molecular weight is 492 g/mol. The molecule has 5 aromatic rings. The fourth-order valence-corrected chi connectivity index (χ4v) is 4.44. The molecule has 184 valence electrons. The maximum atomic E-state index is 13.3. The van der Waals surface area contributed by atoms with E-state index in [0.29, 0.717) is 33.1 Å². The minimum atomic E-state index is -4.50. The zero-order chi connectivity index (χ0) is 25.8. The standard InChI is InChI=1S/C28H23F3N2O3/c1-27(2,3)17-11-12-22-20(14-17)32-25(36-22)23-19-9-4-5-10-21(19)33(24(23)26(34)35)15-16-7-6-8-18(13-16)28(29,30)31/h4-14H,15H2,1-3H3,(H,34,35). The number of rotatable bonds is 4. The number of alkyl halides is 3. The second kappa shape index (κ2) is 8.26. The summed E-state index contributed by atoms with van der Waals surface area (Å²) in [5.41, 5.74) is 2.34. The zero-order valence-corrected chi connectivity index (χ0v) is 19.8. The van der Waals surface area contributed by atoms with E-state index in [1.165, 1.54) is 10.6 Å². The van der Waals surface area contributed by atoms with Crippen LogP contribution >= 0.6 is 0 Å². The van der Waals surface area contributed by atoms with E-state index in [9.17, 15) is 23.1 Å². The Balaban J connectivity index is 1.71. The van der Waals surface area contributed by atoms with Crippen LogP contribution in [0.3, 0.4) is 0 Å². The summed E-state index contributed by atoms with van der Waals surface area (Å²) in [6, 6.07) is 17.6. The largest absolute Gasteiger partial charge is 0.477 e. The second-order valence-corrected chi connectivity index (χ2v) is 9.78. The van der Waals surface area contributed by atoms with Gasteiger partial charge in [-0.15, -0.1) is 0 Å². The Morgan fingerprint density at radius 2 is 1.72 bits per heavy atom. The SMILES string of the molecule is CC(C)(C)c1ccc2oc(-c3c(C(=O)O)n(Cc4cccc(C(F)(F)F)c4)c4ccccc34)nc2c1.